The first-order valence-corrected chi connectivity index (χ1v) is 7.66. The van der Waals surface area contributed by atoms with Crippen molar-refractivity contribution >= 4 is 28.3 Å². The predicted octanol–water partition coefficient (Wildman–Crippen LogP) is 2.82. The fourth-order valence-corrected chi connectivity index (χ4v) is 2.87. The van der Waals surface area contributed by atoms with Gasteiger partial charge in [0.25, 0.3) is 5.91 Å². The van der Waals surface area contributed by atoms with Crippen molar-refractivity contribution in [1.29, 1.82) is 0 Å². The summed E-state index contributed by atoms with van der Waals surface area (Å²) in [5.41, 5.74) is 8.64. The van der Waals surface area contributed by atoms with E-state index in [0.717, 1.165) is 12.0 Å². The summed E-state index contributed by atoms with van der Waals surface area (Å²) in [5.74, 6) is 0.0349. The number of carbonyl (C=O) groups excluding carboxylic acids is 1. The number of hydrogen-bond acceptors (Lipinski definition) is 5. The van der Waals surface area contributed by atoms with Crippen LogP contribution in [0.15, 0.2) is 24.3 Å². The van der Waals surface area contributed by atoms with Crippen LogP contribution in [0.4, 0.5) is 10.8 Å². The molecule has 1 aromatic heterocycles. The quantitative estimate of drug-likeness (QED) is 0.793. The zero-order chi connectivity index (χ0) is 15.4. The monoisotopic (exact) mass is 304 g/mol. The predicted molar refractivity (Wildman–Crippen MR) is 87.8 cm³/mol. The smallest absolute Gasteiger partial charge is 0.257 e. The van der Waals surface area contributed by atoms with Crippen molar-refractivity contribution in [3.8, 4) is 0 Å². The van der Waals surface area contributed by atoms with Gasteiger partial charge in [-0.3, -0.25) is 4.79 Å². The Bertz CT molecular complexity index is 621. The minimum atomic E-state index is -0.225. The second-order valence-electron chi connectivity index (χ2n) is 4.81. The summed E-state index contributed by atoms with van der Waals surface area (Å²) in [6, 6.07) is 8.50. The zero-order valence-corrected chi connectivity index (χ0v) is 13.3. The van der Waals surface area contributed by atoms with Crippen molar-refractivity contribution in [1.82, 2.24) is 9.69 Å². The Morgan fingerprint density at radius 3 is 2.62 bits per heavy atom. The summed E-state index contributed by atoms with van der Waals surface area (Å²) >= 11 is 1.20. The molecule has 0 fully saturated rings. The molecule has 6 heteroatoms. The van der Waals surface area contributed by atoms with Crippen molar-refractivity contribution in [2.24, 2.45) is 0 Å². The van der Waals surface area contributed by atoms with Gasteiger partial charge in [0.2, 0.25) is 0 Å². The number of aromatic nitrogens is 1. The third kappa shape index (κ3) is 3.33. The third-order valence-electron chi connectivity index (χ3n) is 3.41. The van der Waals surface area contributed by atoms with Crippen molar-refractivity contribution in [2.45, 2.75) is 26.3 Å². The van der Waals surface area contributed by atoms with Crippen LogP contribution < -0.4 is 16.4 Å². The van der Waals surface area contributed by atoms with Gasteiger partial charge in [0.1, 0.15) is 10.6 Å². The Balaban J connectivity index is 2.19. The fourth-order valence-electron chi connectivity index (χ4n) is 2.07. The molecule has 4 N–H and O–H groups in total. The highest BCUT2D eigenvalue weighted by molar-refractivity contribution is 7.11. The molecule has 0 bridgehead atoms. The minimum Gasteiger partial charge on any atom is -0.382 e. The minimum absolute atomic E-state index is 0.0687. The molecule has 0 aliphatic rings. The Kier molecular flexibility index (Phi) is 4.80. The normalized spacial score (nSPS) is 12.0. The lowest BCUT2D eigenvalue weighted by Gasteiger charge is -2.15. The molecule has 1 unspecified atom stereocenters. The van der Waals surface area contributed by atoms with Gasteiger partial charge in [0.05, 0.1) is 0 Å². The number of nitrogens with one attached hydrogen (secondary N) is 2. The standard InChI is InChI=1S/C15H20N4OS/c1-4-10-5-7-11(8-6-10)9(2)18-15-12(14(20)17-3)13(16)19-21-15/h5-9,18H,4H2,1-3H3,(H2,16,19)(H,17,20). The van der Waals surface area contributed by atoms with Crippen LogP contribution in [-0.2, 0) is 6.42 Å². The van der Waals surface area contributed by atoms with Gasteiger partial charge in [0, 0.05) is 13.1 Å². The van der Waals surface area contributed by atoms with Crippen LogP contribution in [0.1, 0.15) is 41.4 Å². The summed E-state index contributed by atoms with van der Waals surface area (Å²) < 4.78 is 4.06. The number of nitrogen functional groups attached to an aromatic ring is 1. The van der Waals surface area contributed by atoms with Crippen molar-refractivity contribution < 1.29 is 4.79 Å². The van der Waals surface area contributed by atoms with Crippen LogP contribution in [0, 0.1) is 0 Å². The molecule has 0 saturated carbocycles. The summed E-state index contributed by atoms with van der Waals surface area (Å²) in [6.07, 6.45) is 1.02. The molecule has 2 aromatic rings. The van der Waals surface area contributed by atoms with E-state index in [1.54, 1.807) is 7.05 Å². The van der Waals surface area contributed by atoms with Gasteiger partial charge < -0.3 is 16.4 Å². The van der Waals surface area contributed by atoms with E-state index in [2.05, 4.69) is 46.2 Å². The average Bonchev–Trinajstić information content (AvgIpc) is 2.87. The average molecular weight is 304 g/mol. The van der Waals surface area contributed by atoms with Gasteiger partial charge in [-0.25, -0.2) is 0 Å². The van der Waals surface area contributed by atoms with E-state index in [4.69, 9.17) is 5.73 Å². The topological polar surface area (TPSA) is 80.0 Å². The van der Waals surface area contributed by atoms with Crippen molar-refractivity contribution in [3.05, 3.63) is 41.0 Å². The maximum atomic E-state index is 11.9. The van der Waals surface area contributed by atoms with Gasteiger partial charge in [-0.15, -0.1) is 0 Å². The first-order valence-electron chi connectivity index (χ1n) is 6.89. The summed E-state index contributed by atoms with van der Waals surface area (Å²) in [4.78, 5) is 11.9. The molecule has 1 atom stereocenters. The number of nitrogens with zero attached hydrogens (tertiary/aromatic N) is 1. The van der Waals surface area contributed by atoms with E-state index in [-0.39, 0.29) is 17.8 Å². The maximum absolute atomic E-state index is 11.9. The SMILES string of the molecule is CCc1ccc(C(C)Nc2snc(N)c2C(=O)NC)cc1. The molecule has 0 radical (unpaired) electrons. The van der Waals surface area contributed by atoms with Crippen LogP contribution in [0.3, 0.4) is 0 Å². The van der Waals surface area contributed by atoms with Crippen LogP contribution in [-0.4, -0.2) is 17.3 Å². The Labute approximate surface area is 128 Å². The molecule has 1 aromatic carbocycles. The number of benzene rings is 1. The van der Waals surface area contributed by atoms with Crippen LogP contribution in [0.25, 0.3) is 0 Å². The number of amides is 1. The zero-order valence-electron chi connectivity index (χ0n) is 12.4. The second-order valence-corrected chi connectivity index (χ2v) is 5.59. The Morgan fingerprint density at radius 1 is 1.38 bits per heavy atom. The lowest BCUT2D eigenvalue weighted by molar-refractivity contribution is 0.0965. The molecule has 2 rings (SSSR count). The number of aryl methyl sites for hydroxylation is 1. The molecular weight excluding hydrogens is 284 g/mol. The van der Waals surface area contributed by atoms with Gasteiger partial charge in [-0.1, -0.05) is 31.2 Å². The van der Waals surface area contributed by atoms with Gasteiger partial charge in [-0.05, 0) is 36.0 Å². The summed E-state index contributed by atoms with van der Waals surface area (Å²) in [5, 5.41) is 6.59. The van der Waals surface area contributed by atoms with Gasteiger partial charge in [0.15, 0.2) is 5.82 Å². The van der Waals surface area contributed by atoms with E-state index in [0.29, 0.717) is 10.6 Å². The Morgan fingerprint density at radius 2 is 2.05 bits per heavy atom. The van der Waals surface area contributed by atoms with E-state index >= 15 is 0 Å². The summed E-state index contributed by atoms with van der Waals surface area (Å²) in [6.45, 7) is 4.18. The number of carbonyl (C=O) groups is 1. The van der Waals surface area contributed by atoms with Gasteiger partial charge in [-0.2, -0.15) is 4.37 Å². The first-order chi connectivity index (χ1) is 10.1. The van der Waals surface area contributed by atoms with Crippen LogP contribution >= 0.6 is 11.5 Å². The maximum Gasteiger partial charge on any atom is 0.257 e. The van der Waals surface area contributed by atoms with E-state index in [1.807, 2.05) is 6.92 Å². The molecule has 1 heterocycles. The first kappa shape index (κ1) is 15.3. The highest BCUT2D eigenvalue weighted by Crippen LogP contribution is 2.30. The molecule has 0 spiro atoms. The molecule has 0 aliphatic heterocycles. The van der Waals surface area contributed by atoms with Crippen LogP contribution in [0.2, 0.25) is 0 Å². The number of rotatable bonds is 5. The molecular formula is C15H20N4OS. The van der Waals surface area contributed by atoms with Crippen molar-refractivity contribution in [2.75, 3.05) is 18.1 Å². The highest BCUT2D eigenvalue weighted by atomic mass is 32.1. The van der Waals surface area contributed by atoms with Crippen molar-refractivity contribution in [3.63, 3.8) is 0 Å². The van der Waals surface area contributed by atoms with E-state index in [9.17, 15) is 4.79 Å². The van der Waals surface area contributed by atoms with E-state index < -0.39 is 0 Å². The van der Waals surface area contributed by atoms with Crippen LogP contribution in [0.5, 0.6) is 0 Å². The van der Waals surface area contributed by atoms with Gasteiger partial charge >= 0.3 is 0 Å². The lowest BCUT2D eigenvalue weighted by atomic mass is 10.0. The molecule has 0 saturated heterocycles. The lowest BCUT2D eigenvalue weighted by Crippen LogP contribution is -2.20. The highest BCUT2D eigenvalue weighted by Gasteiger charge is 2.19. The molecule has 1 amide bonds. The molecule has 112 valence electrons. The molecule has 0 aliphatic carbocycles. The fraction of sp³-hybridized carbons (Fsp3) is 0.333. The summed E-state index contributed by atoms with van der Waals surface area (Å²) in [7, 11) is 1.58. The second kappa shape index (κ2) is 6.58. The Hall–Kier alpha value is -2.08. The third-order valence-corrected chi connectivity index (χ3v) is 4.20. The molecule has 21 heavy (non-hydrogen) atoms. The molecule has 5 nitrogen and oxygen atoms in total. The van der Waals surface area contributed by atoms with E-state index in [1.165, 1.54) is 17.1 Å². The number of anilines is 2. The largest absolute Gasteiger partial charge is 0.382 e. The number of nitrogens with two attached hydrogens (primary N) is 1. The number of hydrogen-bond donors (Lipinski definition) is 3.